The predicted octanol–water partition coefficient (Wildman–Crippen LogP) is 2.22. The van der Waals surface area contributed by atoms with Crippen molar-refractivity contribution in [1.82, 2.24) is 25.1 Å². The van der Waals surface area contributed by atoms with Crippen LogP contribution in [0, 0.1) is 0 Å². The molecule has 0 unspecified atom stereocenters. The maximum absolute atomic E-state index is 12.0. The van der Waals surface area contributed by atoms with E-state index in [0.717, 1.165) is 16.8 Å². The predicted molar refractivity (Wildman–Crippen MR) is 113 cm³/mol. The Kier molecular flexibility index (Phi) is 7.21. The normalized spacial score (nSPS) is 10.7. The Morgan fingerprint density at radius 1 is 1.23 bits per heavy atom. The molecule has 1 amide bonds. The van der Waals surface area contributed by atoms with Crippen LogP contribution >= 0.6 is 11.6 Å². The lowest BCUT2D eigenvalue weighted by atomic mass is 10.0. The van der Waals surface area contributed by atoms with E-state index in [1.54, 1.807) is 48.6 Å². The van der Waals surface area contributed by atoms with E-state index in [1.165, 1.54) is 7.11 Å². The van der Waals surface area contributed by atoms with Crippen LogP contribution in [0.15, 0.2) is 36.9 Å². The maximum atomic E-state index is 12.0. The van der Waals surface area contributed by atoms with Crippen molar-refractivity contribution in [2.75, 3.05) is 26.1 Å². The molecule has 1 aromatic carbocycles. The van der Waals surface area contributed by atoms with Gasteiger partial charge in [0, 0.05) is 31.2 Å². The fourth-order valence-electron chi connectivity index (χ4n) is 2.87. The summed E-state index contributed by atoms with van der Waals surface area (Å²) in [6, 6.07) is 3.39. The average Bonchev–Trinajstić information content (AvgIpc) is 3.20. The fourth-order valence-corrected chi connectivity index (χ4v) is 3.15. The van der Waals surface area contributed by atoms with E-state index < -0.39 is 0 Å². The number of nitrogens with one attached hydrogen (secondary N) is 2. The van der Waals surface area contributed by atoms with Crippen molar-refractivity contribution in [2.45, 2.75) is 19.4 Å². The second kappa shape index (κ2) is 10.0. The number of nitrogens with zero attached hydrogens (tertiary/aromatic N) is 4. The molecule has 0 fully saturated rings. The van der Waals surface area contributed by atoms with E-state index in [9.17, 15) is 4.79 Å². The number of rotatable bonds is 9. The molecule has 0 aliphatic rings. The van der Waals surface area contributed by atoms with Gasteiger partial charge in [-0.3, -0.25) is 9.48 Å². The summed E-state index contributed by atoms with van der Waals surface area (Å²) in [7, 11) is 3.10. The molecule has 0 bridgehead atoms. The van der Waals surface area contributed by atoms with Crippen LogP contribution in [-0.4, -0.2) is 51.5 Å². The molecular formula is C20H23ClN6O3. The van der Waals surface area contributed by atoms with Gasteiger partial charge in [-0.1, -0.05) is 11.6 Å². The highest BCUT2D eigenvalue weighted by Crippen LogP contribution is 2.31. The number of aliphatic hydroxyl groups is 1. The van der Waals surface area contributed by atoms with Gasteiger partial charge < -0.3 is 20.5 Å². The van der Waals surface area contributed by atoms with Gasteiger partial charge in [-0.15, -0.1) is 0 Å². The SMILES string of the molecule is CNC(=O)c1cc(CCc2cnc(Nc3cnn(CCO)c3)nc2)c(Cl)c(OC)c1. The molecule has 2 heterocycles. The lowest BCUT2D eigenvalue weighted by Gasteiger charge is -2.12. The van der Waals surface area contributed by atoms with Crippen LogP contribution in [-0.2, 0) is 19.4 Å². The van der Waals surface area contributed by atoms with E-state index >= 15 is 0 Å². The van der Waals surface area contributed by atoms with E-state index in [2.05, 4.69) is 25.7 Å². The number of carbonyl (C=O) groups excluding carboxylic acids is 1. The monoisotopic (exact) mass is 430 g/mol. The second-order valence-electron chi connectivity index (χ2n) is 6.49. The number of halogens is 1. The van der Waals surface area contributed by atoms with E-state index in [-0.39, 0.29) is 12.5 Å². The average molecular weight is 431 g/mol. The summed E-state index contributed by atoms with van der Waals surface area (Å²) in [6.45, 7) is 0.449. The van der Waals surface area contributed by atoms with Crippen molar-refractivity contribution in [3.05, 3.63) is 58.6 Å². The summed E-state index contributed by atoms with van der Waals surface area (Å²) in [4.78, 5) is 20.6. The molecule has 30 heavy (non-hydrogen) atoms. The van der Waals surface area contributed by atoms with Gasteiger partial charge in [-0.25, -0.2) is 9.97 Å². The first-order chi connectivity index (χ1) is 14.5. The summed E-state index contributed by atoms with van der Waals surface area (Å²) in [5, 5.41) is 19.2. The van der Waals surface area contributed by atoms with E-state index in [1.807, 2.05) is 0 Å². The number of benzene rings is 1. The van der Waals surface area contributed by atoms with Crippen LogP contribution in [0.5, 0.6) is 5.75 Å². The Hall–Kier alpha value is -3.17. The highest BCUT2D eigenvalue weighted by atomic mass is 35.5. The topological polar surface area (TPSA) is 114 Å². The molecule has 0 saturated heterocycles. The summed E-state index contributed by atoms with van der Waals surface area (Å²) >= 11 is 6.41. The van der Waals surface area contributed by atoms with Gasteiger partial charge >= 0.3 is 0 Å². The minimum atomic E-state index is -0.202. The van der Waals surface area contributed by atoms with Crippen molar-refractivity contribution >= 4 is 29.1 Å². The highest BCUT2D eigenvalue weighted by Gasteiger charge is 2.14. The molecule has 3 aromatic rings. The summed E-state index contributed by atoms with van der Waals surface area (Å²) in [5.41, 5.74) is 2.97. The number of amides is 1. The second-order valence-corrected chi connectivity index (χ2v) is 6.86. The van der Waals surface area contributed by atoms with Crippen LogP contribution < -0.4 is 15.4 Å². The largest absolute Gasteiger partial charge is 0.495 e. The third-order valence-electron chi connectivity index (χ3n) is 4.43. The van der Waals surface area contributed by atoms with Gasteiger partial charge in [0.2, 0.25) is 5.95 Å². The van der Waals surface area contributed by atoms with Gasteiger partial charge in [-0.05, 0) is 36.1 Å². The zero-order valence-corrected chi connectivity index (χ0v) is 17.5. The van der Waals surface area contributed by atoms with Gasteiger partial charge in [0.25, 0.3) is 5.91 Å². The van der Waals surface area contributed by atoms with Crippen molar-refractivity contribution in [1.29, 1.82) is 0 Å². The highest BCUT2D eigenvalue weighted by molar-refractivity contribution is 6.33. The van der Waals surface area contributed by atoms with Crippen molar-refractivity contribution in [3.63, 3.8) is 0 Å². The molecule has 3 rings (SSSR count). The summed E-state index contributed by atoms with van der Waals surface area (Å²) < 4.78 is 6.92. The Balaban J connectivity index is 1.66. The summed E-state index contributed by atoms with van der Waals surface area (Å²) in [6.07, 6.45) is 8.13. The Labute approximate surface area is 179 Å². The third-order valence-corrected chi connectivity index (χ3v) is 4.86. The standard InChI is InChI=1S/C20H23ClN6O3/c1-22-19(29)15-7-14(18(21)17(8-15)30-2)4-3-13-9-23-20(24-10-13)26-16-11-25-27(12-16)5-6-28/h7-12,28H,3-6H2,1-2H3,(H,22,29)(H,23,24,26). The molecule has 2 aromatic heterocycles. The lowest BCUT2D eigenvalue weighted by molar-refractivity contribution is 0.0962. The van der Waals surface area contributed by atoms with Crippen molar-refractivity contribution in [3.8, 4) is 5.75 Å². The van der Waals surface area contributed by atoms with Crippen LogP contribution in [0.25, 0.3) is 0 Å². The van der Waals surface area contributed by atoms with Gasteiger partial charge in [0.1, 0.15) is 5.75 Å². The molecule has 0 aliphatic carbocycles. The zero-order chi connectivity index (χ0) is 21.5. The van der Waals surface area contributed by atoms with E-state index in [4.69, 9.17) is 21.4 Å². The Morgan fingerprint density at radius 2 is 2.00 bits per heavy atom. The molecule has 158 valence electrons. The molecule has 3 N–H and O–H groups in total. The molecule has 0 atom stereocenters. The Morgan fingerprint density at radius 3 is 2.67 bits per heavy atom. The van der Waals surface area contributed by atoms with Crippen molar-refractivity contribution < 1.29 is 14.6 Å². The summed E-state index contributed by atoms with van der Waals surface area (Å²) in [5.74, 6) is 0.709. The number of anilines is 2. The van der Waals surface area contributed by atoms with Crippen LogP contribution in [0.2, 0.25) is 5.02 Å². The zero-order valence-electron chi connectivity index (χ0n) is 16.7. The van der Waals surface area contributed by atoms with Gasteiger partial charge in [0.15, 0.2) is 0 Å². The number of methoxy groups -OCH3 is 1. The first-order valence-electron chi connectivity index (χ1n) is 9.33. The molecular weight excluding hydrogens is 408 g/mol. The molecule has 9 nitrogen and oxygen atoms in total. The smallest absolute Gasteiger partial charge is 0.251 e. The van der Waals surface area contributed by atoms with Gasteiger partial charge in [-0.2, -0.15) is 5.10 Å². The first kappa shape index (κ1) is 21.5. The molecule has 0 radical (unpaired) electrons. The van der Waals surface area contributed by atoms with E-state index in [0.29, 0.717) is 41.7 Å². The van der Waals surface area contributed by atoms with Crippen LogP contribution in [0.1, 0.15) is 21.5 Å². The molecule has 0 spiro atoms. The fraction of sp³-hybridized carbons (Fsp3) is 0.300. The number of aliphatic hydroxyl groups excluding tert-OH is 1. The third kappa shape index (κ3) is 5.25. The minimum Gasteiger partial charge on any atom is -0.495 e. The first-order valence-corrected chi connectivity index (χ1v) is 9.71. The van der Waals surface area contributed by atoms with Gasteiger partial charge in [0.05, 0.1) is 37.2 Å². The Bertz CT molecular complexity index is 1010. The van der Waals surface area contributed by atoms with Crippen LogP contribution in [0.3, 0.4) is 0 Å². The quantitative estimate of drug-likeness (QED) is 0.476. The minimum absolute atomic E-state index is 0.0221. The molecule has 0 saturated carbocycles. The number of hydrogen-bond donors (Lipinski definition) is 3. The number of carbonyl (C=O) groups is 1. The number of ether oxygens (including phenoxy) is 1. The number of aromatic nitrogens is 4. The maximum Gasteiger partial charge on any atom is 0.251 e. The van der Waals surface area contributed by atoms with Crippen molar-refractivity contribution in [2.24, 2.45) is 0 Å². The van der Waals surface area contributed by atoms with Crippen LogP contribution in [0.4, 0.5) is 11.6 Å². The molecule has 10 heteroatoms. The lowest BCUT2D eigenvalue weighted by Crippen LogP contribution is -2.18. The number of aryl methyl sites for hydroxylation is 2. The number of hydrogen-bond acceptors (Lipinski definition) is 7. The molecule has 0 aliphatic heterocycles.